The van der Waals surface area contributed by atoms with Crippen LogP contribution in [0.15, 0.2) is 18.2 Å². The van der Waals surface area contributed by atoms with Gasteiger partial charge in [0.05, 0.1) is 0 Å². The van der Waals surface area contributed by atoms with Crippen molar-refractivity contribution in [3.05, 3.63) is 29.5 Å². The molecule has 0 amide bonds. The third-order valence-electron chi connectivity index (χ3n) is 6.50. The van der Waals surface area contributed by atoms with E-state index in [0.717, 1.165) is 24.3 Å². The van der Waals surface area contributed by atoms with E-state index in [-0.39, 0.29) is 0 Å². The number of phenols is 1. The Morgan fingerprint density at radius 1 is 1.32 bits per heavy atom. The maximum absolute atomic E-state index is 9.87. The molecular formula is C19H24N2O. The second-order valence-corrected chi connectivity index (χ2v) is 7.59. The van der Waals surface area contributed by atoms with Gasteiger partial charge in [0.15, 0.2) is 0 Å². The number of rotatable bonds is 1. The van der Waals surface area contributed by atoms with Crippen LogP contribution in [-0.2, 0) is 6.42 Å². The molecule has 1 unspecified atom stereocenters. The van der Waals surface area contributed by atoms with Crippen molar-refractivity contribution in [3.63, 3.8) is 0 Å². The molecule has 1 saturated carbocycles. The molecule has 2 aromatic rings. The van der Waals surface area contributed by atoms with Gasteiger partial charge in [0.25, 0.3) is 0 Å². The van der Waals surface area contributed by atoms with Crippen molar-refractivity contribution < 1.29 is 5.11 Å². The van der Waals surface area contributed by atoms with E-state index in [1.54, 1.807) is 6.07 Å². The van der Waals surface area contributed by atoms with Gasteiger partial charge >= 0.3 is 0 Å². The maximum Gasteiger partial charge on any atom is 0.116 e. The molecule has 3 aliphatic heterocycles. The number of nitrogens with zero attached hydrogens (tertiary/aromatic N) is 1. The van der Waals surface area contributed by atoms with Gasteiger partial charge in [0, 0.05) is 41.6 Å². The monoisotopic (exact) mass is 296 g/mol. The van der Waals surface area contributed by atoms with Gasteiger partial charge in [-0.2, -0.15) is 0 Å². The van der Waals surface area contributed by atoms with Gasteiger partial charge < -0.3 is 10.1 Å². The van der Waals surface area contributed by atoms with Crippen molar-refractivity contribution in [1.29, 1.82) is 0 Å². The minimum absolute atomic E-state index is 0.384. The minimum atomic E-state index is 0.384. The largest absolute Gasteiger partial charge is 0.508 e. The van der Waals surface area contributed by atoms with Gasteiger partial charge in [-0.3, -0.25) is 4.90 Å². The molecule has 5 atom stereocenters. The summed E-state index contributed by atoms with van der Waals surface area (Å²) < 4.78 is 0. The summed E-state index contributed by atoms with van der Waals surface area (Å²) in [6.07, 6.45) is 5.22. The number of aromatic amines is 1. The molecule has 4 heterocycles. The molecule has 4 bridgehead atoms. The Morgan fingerprint density at radius 2 is 2.23 bits per heavy atom. The molecule has 0 radical (unpaired) electrons. The summed E-state index contributed by atoms with van der Waals surface area (Å²) in [6, 6.07) is 6.52. The number of aromatic nitrogens is 1. The molecule has 4 aliphatic rings. The van der Waals surface area contributed by atoms with Crippen LogP contribution in [0.2, 0.25) is 0 Å². The number of hydrogen-bond donors (Lipinski definition) is 2. The second-order valence-electron chi connectivity index (χ2n) is 7.59. The standard InChI is InChI=1S/C19H24N2O/c1-2-12-7-11-8-16-18-14(5-6-21(10-11)19(12)16)15-9-13(22)3-4-17(15)20-18/h3-4,9,11-12,16,19-20,22H,2,5-8,10H2,1H3/t11-,12+,16+,19+/m1/s1. The first kappa shape index (κ1) is 13.0. The van der Waals surface area contributed by atoms with Gasteiger partial charge in [-0.1, -0.05) is 13.3 Å². The molecule has 3 fully saturated rings. The highest BCUT2D eigenvalue weighted by molar-refractivity contribution is 5.86. The summed E-state index contributed by atoms with van der Waals surface area (Å²) in [5.41, 5.74) is 4.16. The number of H-pyrrole nitrogens is 1. The molecule has 1 aliphatic carbocycles. The van der Waals surface area contributed by atoms with Crippen LogP contribution in [0.4, 0.5) is 0 Å². The predicted octanol–water partition coefficient (Wildman–Crippen LogP) is 3.63. The van der Waals surface area contributed by atoms with E-state index < -0.39 is 0 Å². The second kappa shape index (κ2) is 4.51. The predicted molar refractivity (Wildman–Crippen MR) is 88.3 cm³/mol. The third kappa shape index (κ3) is 1.66. The van der Waals surface area contributed by atoms with Crippen molar-refractivity contribution in [2.45, 2.75) is 44.6 Å². The lowest BCUT2D eigenvalue weighted by Crippen LogP contribution is -2.56. The number of phenolic OH excluding ortho intramolecular Hbond substituents is 1. The molecule has 2 saturated heterocycles. The Balaban J connectivity index is 1.69. The fourth-order valence-electron chi connectivity index (χ4n) is 5.68. The highest BCUT2D eigenvalue weighted by Gasteiger charge is 2.48. The van der Waals surface area contributed by atoms with Crippen molar-refractivity contribution in [2.24, 2.45) is 11.8 Å². The zero-order valence-electron chi connectivity index (χ0n) is 13.2. The topological polar surface area (TPSA) is 39.3 Å². The SMILES string of the molecule is CC[C@H]1C[C@@H]2C[C@H]3c4[nH]c5ccc(O)cc5c4CCN(C2)[C@@H]13. The summed E-state index contributed by atoms with van der Waals surface area (Å²) in [6.45, 7) is 4.86. The molecule has 2 N–H and O–H groups in total. The van der Waals surface area contributed by atoms with Crippen LogP contribution in [0.25, 0.3) is 10.9 Å². The van der Waals surface area contributed by atoms with Crippen LogP contribution in [0.3, 0.4) is 0 Å². The first-order valence-electron chi connectivity index (χ1n) is 8.82. The quantitative estimate of drug-likeness (QED) is 0.843. The van der Waals surface area contributed by atoms with Gasteiger partial charge in [0.1, 0.15) is 5.75 Å². The first-order chi connectivity index (χ1) is 10.7. The van der Waals surface area contributed by atoms with Crippen LogP contribution >= 0.6 is 0 Å². The van der Waals surface area contributed by atoms with Crippen molar-refractivity contribution in [3.8, 4) is 5.75 Å². The molecular weight excluding hydrogens is 272 g/mol. The molecule has 6 rings (SSSR count). The Kier molecular flexibility index (Phi) is 2.67. The fraction of sp³-hybridized carbons (Fsp3) is 0.579. The Labute approximate surface area is 131 Å². The van der Waals surface area contributed by atoms with Crippen LogP contribution in [0.1, 0.15) is 43.4 Å². The number of piperidine rings is 2. The average Bonchev–Trinajstić information content (AvgIpc) is 2.85. The summed E-state index contributed by atoms with van der Waals surface area (Å²) in [7, 11) is 0. The zero-order valence-corrected chi connectivity index (χ0v) is 13.2. The molecule has 1 aromatic heterocycles. The molecule has 116 valence electrons. The molecule has 3 heteroatoms. The lowest BCUT2D eigenvalue weighted by atomic mass is 9.65. The van der Waals surface area contributed by atoms with Crippen LogP contribution in [-0.4, -0.2) is 34.1 Å². The summed E-state index contributed by atoms with van der Waals surface area (Å²) in [5, 5.41) is 11.1. The van der Waals surface area contributed by atoms with Gasteiger partial charge in [-0.15, -0.1) is 0 Å². The van der Waals surface area contributed by atoms with Crippen LogP contribution in [0, 0.1) is 11.8 Å². The highest BCUT2D eigenvalue weighted by Crippen LogP contribution is 2.51. The first-order valence-corrected chi connectivity index (χ1v) is 8.82. The molecule has 1 aromatic carbocycles. The minimum Gasteiger partial charge on any atom is -0.508 e. The smallest absolute Gasteiger partial charge is 0.116 e. The van der Waals surface area contributed by atoms with E-state index in [9.17, 15) is 5.11 Å². The third-order valence-corrected chi connectivity index (χ3v) is 6.50. The summed E-state index contributed by atoms with van der Waals surface area (Å²) >= 11 is 0. The lowest BCUT2D eigenvalue weighted by molar-refractivity contribution is -0.0134. The number of benzene rings is 1. The number of aromatic hydroxyl groups is 1. The maximum atomic E-state index is 9.87. The molecule has 3 nitrogen and oxygen atoms in total. The average molecular weight is 296 g/mol. The van der Waals surface area contributed by atoms with E-state index in [4.69, 9.17) is 0 Å². The highest BCUT2D eigenvalue weighted by atomic mass is 16.3. The van der Waals surface area contributed by atoms with Crippen molar-refractivity contribution in [2.75, 3.05) is 13.1 Å². The van der Waals surface area contributed by atoms with Crippen molar-refractivity contribution >= 4 is 10.9 Å². The van der Waals surface area contributed by atoms with Gasteiger partial charge in [-0.25, -0.2) is 0 Å². The van der Waals surface area contributed by atoms with E-state index in [1.165, 1.54) is 54.5 Å². The number of hydrogen-bond acceptors (Lipinski definition) is 2. The van der Waals surface area contributed by atoms with Crippen LogP contribution < -0.4 is 0 Å². The van der Waals surface area contributed by atoms with E-state index in [1.807, 2.05) is 12.1 Å². The lowest BCUT2D eigenvalue weighted by Gasteiger charge is -2.53. The van der Waals surface area contributed by atoms with Crippen molar-refractivity contribution in [1.82, 2.24) is 9.88 Å². The number of nitrogens with one attached hydrogen (secondary N) is 1. The van der Waals surface area contributed by atoms with E-state index in [0.29, 0.717) is 11.7 Å². The Bertz CT molecular complexity index is 734. The van der Waals surface area contributed by atoms with Crippen LogP contribution in [0.5, 0.6) is 5.75 Å². The summed E-state index contributed by atoms with van der Waals surface area (Å²) in [5.74, 6) is 2.80. The Hall–Kier alpha value is -1.48. The fourth-order valence-corrected chi connectivity index (χ4v) is 5.68. The molecule has 22 heavy (non-hydrogen) atoms. The normalized spacial score (nSPS) is 36.3. The summed E-state index contributed by atoms with van der Waals surface area (Å²) in [4.78, 5) is 6.51. The number of fused-ring (bicyclic) bond motifs is 4. The van der Waals surface area contributed by atoms with E-state index >= 15 is 0 Å². The van der Waals surface area contributed by atoms with Gasteiger partial charge in [-0.05, 0) is 54.9 Å². The van der Waals surface area contributed by atoms with Gasteiger partial charge in [0.2, 0.25) is 0 Å². The molecule has 0 spiro atoms. The Morgan fingerprint density at radius 3 is 3.09 bits per heavy atom. The zero-order chi connectivity index (χ0) is 14.8. The van der Waals surface area contributed by atoms with E-state index in [2.05, 4.69) is 16.8 Å².